The Balaban J connectivity index is 1.67. The number of hydrogen-bond acceptors (Lipinski definition) is 3. The zero-order chi connectivity index (χ0) is 21.6. The van der Waals surface area contributed by atoms with E-state index in [1.807, 2.05) is 0 Å². The minimum Gasteiger partial charge on any atom is -0.322 e. The van der Waals surface area contributed by atoms with E-state index < -0.39 is 23.6 Å². The number of hydrogen-bond donors (Lipinski definition) is 2. The number of halogens is 3. The van der Waals surface area contributed by atoms with Crippen LogP contribution in [0.4, 0.5) is 24.5 Å². The summed E-state index contributed by atoms with van der Waals surface area (Å²) in [5, 5.41) is 5.05. The van der Waals surface area contributed by atoms with Gasteiger partial charge in [-0.25, -0.2) is 0 Å². The number of nitrogens with zero attached hydrogens (tertiary/aromatic N) is 1. The average Bonchev–Trinajstić information content (AvgIpc) is 2.73. The molecule has 0 bridgehead atoms. The molecule has 0 atom stereocenters. The fourth-order valence-electron chi connectivity index (χ4n) is 2.55. The van der Waals surface area contributed by atoms with Gasteiger partial charge in [-0.05, 0) is 54.1 Å². The van der Waals surface area contributed by atoms with Gasteiger partial charge in [-0.3, -0.25) is 14.6 Å². The number of carbonyl (C=O) groups excluding carboxylic acids is 2. The quantitative estimate of drug-likeness (QED) is 0.580. The van der Waals surface area contributed by atoms with Crippen LogP contribution in [0.1, 0.15) is 21.5 Å². The van der Waals surface area contributed by atoms with Gasteiger partial charge in [0.15, 0.2) is 0 Å². The van der Waals surface area contributed by atoms with Crippen LogP contribution in [0.25, 0.3) is 6.08 Å². The second-order valence-electron chi connectivity index (χ2n) is 6.22. The van der Waals surface area contributed by atoms with Crippen molar-refractivity contribution >= 4 is 29.3 Å². The van der Waals surface area contributed by atoms with E-state index in [2.05, 4.69) is 15.6 Å². The largest absolute Gasteiger partial charge is 0.416 e. The summed E-state index contributed by atoms with van der Waals surface area (Å²) in [5.41, 5.74) is 0.459. The molecule has 3 aromatic rings. The van der Waals surface area contributed by atoms with Crippen molar-refractivity contribution < 1.29 is 22.8 Å². The Kier molecular flexibility index (Phi) is 6.26. The van der Waals surface area contributed by atoms with Crippen LogP contribution < -0.4 is 10.6 Å². The second-order valence-corrected chi connectivity index (χ2v) is 6.22. The van der Waals surface area contributed by atoms with Gasteiger partial charge in [-0.1, -0.05) is 18.2 Å². The highest BCUT2D eigenvalue weighted by atomic mass is 19.4. The molecule has 0 unspecified atom stereocenters. The number of aromatic nitrogens is 1. The van der Waals surface area contributed by atoms with Crippen molar-refractivity contribution in [3.05, 3.63) is 95.8 Å². The number of alkyl halides is 3. The lowest BCUT2D eigenvalue weighted by Crippen LogP contribution is -2.14. The number of carbonyl (C=O) groups is 2. The lowest BCUT2D eigenvalue weighted by molar-refractivity contribution is -0.137. The van der Waals surface area contributed by atoms with E-state index in [1.54, 1.807) is 42.7 Å². The molecule has 8 heteroatoms. The summed E-state index contributed by atoms with van der Waals surface area (Å²) >= 11 is 0. The summed E-state index contributed by atoms with van der Waals surface area (Å²) in [6, 6.07) is 13.9. The summed E-state index contributed by atoms with van der Waals surface area (Å²) in [6.45, 7) is 0. The Bertz CT molecular complexity index is 1080. The van der Waals surface area contributed by atoms with Gasteiger partial charge >= 0.3 is 6.18 Å². The first-order chi connectivity index (χ1) is 14.3. The predicted octanol–water partition coefficient (Wildman–Crippen LogP) is 5.00. The highest BCUT2D eigenvalue weighted by Gasteiger charge is 2.30. The van der Waals surface area contributed by atoms with Gasteiger partial charge in [0.2, 0.25) is 5.91 Å². The highest BCUT2D eigenvalue weighted by molar-refractivity contribution is 6.06. The third-order valence-electron chi connectivity index (χ3n) is 3.95. The van der Waals surface area contributed by atoms with Crippen molar-refractivity contribution in [1.29, 1.82) is 0 Å². The molecule has 0 fully saturated rings. The number of nitrogens with one attached hydrogen (secondary N) is 2. The van der Waals surface area contributed by atoms with Crippen molar-refractivity contribution in [3.63, 3.8) is 0 Å². The van der Waals surface area contributed by atoms with Gasteiger partial charge in [0.25, 0.3) is 5.91 Å². The van der Waals surface area contributed by atoms with E-state index in [4.69, 9.17) is 0 Å². The van der Waals surface area contributed by atoms with Gasteiger partial charge < -0.3 is 10.6 Å². The molecule has 0 saturated carbocycles. The van der Waals surface area contributed by atoms with Crippen LogP contribution in [0.2, 0.25) is 0 Å². The van der Waals surface area contributed by atoms with Gasteiger partial charge in [0.1, 0.15) is 0 Å². The van der Waals surface area contributed by atoms with Gasteiger partial charge in [-0.15, -0.1) is 0 Å². The van der Waals surface area contributed by atoms with Crippen molar-refractivity contribution in [2.75, 3.05) is 10.6 Å². The molecule has 2 aromatic carbocycles. The molecule has 30 heavy (non-hydrogen) atoms. The first kappa shape index (κ1) is 20.8. The van der Waals surface area contributed by atoms with Crippen molar-refractivity contribution in [1.82, 2.24) is 4.98 Å². The monoisotopic (exact) mass is 411 g/mol. The number of anilines is 2. The van der Waals surface area contributed by atoms with Crippen LogP contribution >= 0.6 is 0 Å². The highest BCUT2D eigenvalue weighted by Crippen LogP contribution is 2.30. The number of pyridine rings is 1. The summed E-state index contributed by atoms with van der Waals surface area (Å²) in [7, 11) is 0. The van der Waals surface area contributed by atoms with E-state index in [0.717, 1.165) is 17.7 Å². The Morgan fingerprint density at radius 1 is 0.900 bits per heavy atom. The Morgan fingerprint density at radius 3 is 2.33 bits per heavy atom. The first-order valence-corrected chi connectivity index (χ1v) is 8.79. The number of amides is 2. The topological polar surface area (TPSA) is 71.1 Å². The normalized spacial score (nSPS) is 11.3. The zero-order valence-electron chi connectivity index (χ0n) is 15.5. The van der Waals surface area contributed by atoms with Crippen molar-refractivity contribution in [3.8, 4) is 0 Å². The molecule has 0 spiro atoms. The van der Waals surface area contributed by atoms with E-state index in [0.29, 0.717) is 5.69 Å². The first-order valence-electron chi connectivity index (χ1n) is 8.79. The van der Waals surface area contributed by atoms with Crippen LogP contribution in [0.3, 0.4) is 0 Å². The molecule has 5 nitrogen and oxygen atoms in total. The van der Waals surface area contributed by atoms with Crippen LogP contribution in [0.15, 0.2) is 79.1 Å². The molecule has 2 amide bonds. The fourth-order valence-corrected chi connectivity index (χ4v) is 2.55. The Morgan fingerprint density at radius 2 is 1.63 bits per heavy atom. The molecule has 2 N–H and O–H groups in total. The van der Waals surface area contributed by atoms with E-state index in [9.17, 15) is 22.8 Å². The summed E-state index contributed by atoms with van der Waals surface area (Å²) in [6.07, 6.45) is 1.63. The van der Waals surface area contributed by atoms with Gasteiger partial charge in [0, 0.05) is 35.4 Å². The minimum atomic E-state index is -4.51. The molecule has 0 radical (unpaired) electrons. The number of benzene rings is 2. The molecular weight excluding hydrogens is 395 g/mol. The van der Waals surface area contributed by atoms with Crippen LogP contribution in [0, 0.1) is 0 Å². The molecular formula is C22H16F3N3O2. The van der Waals surface area contributed by atoms with Crippen molar-refractivity contribution in [2.24, 2.45) is 0 Å². The Labute approximate surface area is 170 Å². The number of rotatable bonds is 5. The molecule has 0 aliphatic rings. The standard InChI is InChI=1S/C22H16F3N3O2/c23-22(24,25)17-6-2-8-19(13-17)28-21(30)16-5-1-7-18(12-16)27-20(29)10-9-15-4-3-11-26-14-15/h1-14H,(H,27,29)(H,28,30). The van der Waals surface area contributed by atoms with Crippen LogP contribution in [-0.4, -0.2) is 16.8 Å². The maximum Gasteiger partial charge on any atom is 0.416 e. The second kappa shape index (κ2) is 9.04. The zero-order valence-corrected chi connectivity index (χ0v) is 15.5. The van der Waals surface area contributed by atoms with E-state index in [1.165, 1.54) is 30.3 Å². The third kappa shape index (κ3) is 5.78. The fraction of sp³-hybridized carbons (Fsp3) is 0.0455. The van der Waals surface area contributed by atoms with Crippen molar-refractivity contribution in [2.45, 2.75) is 6.18 Å². The molecule has 1 aromatic heterocycles. The minimum absolute atomic E-state index is 0.0173. The molecule has 152 valence electrons. The summed E-state index contributed by atoms with van der Waals surface area (Å²) < 4.78 is 38.4. The molecule has 0 aliphatic heterocycles. The van der Waals surface area contributed by atoms with E-state index in [-0.39, 0.29) is 11.3 Å². The van der Waals surface area contributed by atoms with Crippen LogP contribution in [-0.2, 0) is 11.0 Å². The van der Waals surface area contributed by atoms with E-state index >= 15 is 0 Å². The molecule has 0 saturated heterocycles. The molecule has 1 heterocycles. The third-order valence-corrected chi connectivity index (χ3v) is 3.95. The molecule has 3 rings (SSSR count). The summed E-state index contributed by atoms with van der Waals surface area (Å²) in [4.78, 5) is 28.4. The van der Waals surface area contributed by atoms with Crippen LogP contribution in [0.5, 0.6) is 0 Å². The van der Waals surface area contributed by atoms with Gasteiger partial charge in [0.05, 0.1) is 5.56 Å². The van der Waals surface area contributed by atoms with Gasteiger partial charge in [-0.2, -0.15) is 13.2 Å². The summed E-state index contributed by atoms with van der Waals surface area (Å²) in [5.74, 6) is -1.01. The predicted molar refractivity (Wildman–Crippen MR) is 108 cm³/mol. The lowest BCUT2D eigenvalue weighted by Gasteiger charge is -2.10. The average molecular weight is 411 g/mol. The Hall–Kier alpha value is -3.94. The SMILES string of the molecule is O=C(C=Cc1cccnc1)Nc1cccc(C(=O)Nc2cccc(C(F)(F)F)c2)c1. The maximum atomic E-state index is 12.8. The smallest absolute Gasteiger partial charge is 0.322 e. The lowest BCUT2D eigenvalue weighted by atomic mass is 10.1. The molecule has 0 aliphatic carbocycles. The maximum absolute atomic E-state index is 12.8.